The Morgan fingerprint density at radius 3 is 2.65 bits per heavy atom. The van der Waals surface area contributed by atoms with Gasteiger partial charge in [0.1, 0.15) is 5.75 Å². The van der Waals surface area contributed by atoms with Gasteiger partial charge < -0.3 is 14.4 Å². The average molecular weight is 351 g/mol. The molecule has 0 N–H and O–H groups in total. The number of rotatable bonds is 2. The quantitative estimate of drug-likeness (QED) is 0.780. The fourth-order valence-corrected chi connectivity index (χ4v) is 3.70. The highest BCUT2D eigenvalue weighted by molar-refractivity contribution is 6.08. The highest BCUT2D eigenvalue weighted by Crippen LogP contribution is 2.34. The summed E-state index contributed by atoms with van der Waals surface area (Å²) in [6.07, 6.45) is 3.64. The number of nitrogens with zero attached hydrogens (tertiary/aromatic N) is 1. The molecular weight excluding hydrogens is 330 g/mol. The number of carbonyl (C=O) groups excluding carboxylic acids is 2. The first-order valence-electron chi connectivity index (χ1n) is 8.94. The van der Waals surface area contributed by atoms with Crippen molar-refractivity contribution in [1.29, 1.82) is 0 Å². The van der Waals surface area contributed by atoms with Crippen molar-refractivity contribution in [3.63, 3.8) is 0 Å². The third-order valence-electron chi connectivity index (χ3n) is 5.08. The van der Waals surface area contributed by atoms with Crippen LogP contribution in [0.3, 0.4) is 0 Å². The van der Waals surface area contributed by atoms with Gasteiger partial charge in [-0.3, -0.25) is 4.79 Å². The van der Waals surface area contributed by atoms with Gasteiger partial charge in [0, 0.05) is 5.56 Å². The van der Waals surface area contributed by atoms with Crippen LogP contribution in [0.25, 0.3) is 0 Å². The fraction of sp³-hybridized carbons (Fsp3) is 0.333. The Bertz CT molecular complexity index is 861. The number of aryl methyl sites for hydroxylation is 2. The number of ether oxygens (including phenoxy) is 2. The second kappa shape index (κ2) is 6.83. The monoisotopic (exact) mass is 351 g/mol. The van der Waals surface area contributed by atoms with Gasteiger partial charge in [0.25, 0.3) is 5.91 Å². The summed E-state index contributed by atoms with van der Waals surface area (Å²) in [7, 11) is 1.32. The Morgan fingerprint density at radius 1 is 1.08 bits per heavy atom. The van der Waals surface area contributed by atoms with Crippen molar-refractivity contribution in [2.45, 2.75) is 31.8 Å². The number of anilines is 1. The summed E-state index contributed by atoms with van der Waals surface area (Å²) in [5, 5.41) is 0. The molecule has 1 atom stereocenters. The van der Waals surface area contributed by atoms with E-state index in [1.807, 2.05) is 30.3 Å². The lowest BCUT2D eigenvalue weighted by Gasteiger charge is -2.33. The zero-order chi connectivity index (χ0) is 18.1. The van der Waals surface area contributed by atoms with Crippen molar-refractivity contribution in [3.05, 3.63) is 59.2 Å². The molecule has 2 aromatic carbocycles. The van der Waals surface area contributed by atoms with E-state index in [-0.39, 0.29) is 12.5 Å². The smallest absolute Gasteiger partial charge is 0.348 e. The molecule has 4 rings (SSSR count). The van der Waals surface area contributed by atoms with E-state index in [1.165, 1.54) is 24.7 Å². The number of hydrogen-bond donors (Lipinski definition) is 0. The zero-order valence-electron chi connectivity index (χ0n) is 14.7. The highest BCUT2D eigenvalue weighted by Gasteiger charge is 2.34. The molecule has 0 spiro atoms. The number of fused-ring (bicyclic) bond motifs is 2. The molecule has 0 radical (unpaired) electrons. The third-order valence-corrected chi connectivity index (χ3v) is 5.08. The van der Waals surface area contributed by atoms with Gasteiger partial charge in [-0.25, -0.2) is 4.79 Å². The first-order chi connectivity index (χ1) is 12.7. The van der Waals surface area contributed by atoms with Crippen LogP contribution in [0.5, 0.6) is 5.75 Å². The maximum Gasteiger partial charge on any atom is 0.348 e. The lowest BCUT2D eigenvalue weighted by atomic mass is 9.90. The van der Waals surface area contributed by atoms with Gasteiger partial charge in [-0.1, -0.05) is 18.2 Å². The third kappa shape index (κ3) is 2.94. The van der Waals surface area contributed by atoms with E-state index in [9.17, 15) is 9.59 Å². The summed E-state index contributed by atoms with van der Waals surface area (Å²) >= 11 is 0. The van der Waals surface area contributed by atoms with Gasteiger partial charge in [0.05, 0.1) is 19.3 Å². The van der Waals surface area contributed by atoms with Crippen LogP contribution >= 0.6 is 0 Å². The van der Waals surface area contributed by atoms with Gasteiger partial charge >= 0.3 is 5.97 Å². The molecule has 5 heteroatoms. The van der Waals surface area contributed by atoms with Crippen LogP contribution in [0.4, 0.5) is 5.69 Å². The second-order valence-corrected chi connectivity index (χ2v) is 6.70. The predicted octanol–water partition coefficient (Wildman–Crippen LogP) is 3.15. The van der Waals surface area contributed by atoms with Crippen molar-refractivity contribution in [2.24, 2.45) is 0 Å². The van der Waals surface area contributed by atoms with E-state index in [1.54, 1.807) is 11.0 Å². The molecule has 1 heterocycles. The highest BCUT2D eigenvalue weighted by atomic mass is 16.6. The minimum atomic E-state index is -0.823. The summed E-state index contributed by atoms with van der Waals surface area (Å²) in [4.78, 5) is 26.8. The fourth-order valence-electron chi connectivity index (χ4n) is 3.70. The largest absolute Gasteiger partial charge is 0.475 e. The maximum atomic E-state index is 13.2. The van der Waals surface area contributed by atoms with Gasteiger partial charge in [-0.05, 0) is 61.1 Å². The molecule has 0 bridgehead atoms. The second-order valence-electron chi connectivity index (χ2n) is 6.70. The first-order valence-corrected chi connectivity index (χ1v) is 8.94. The Hall–Kier alpha value is -2.82. The van der Waals surface area contributed by atoms with E-state index in [4.69, 9.17) is 9.47 Å². The Kier molecular flexibility index (Phi) is 4.37. The Balaban J connectivity index is 1.69. The van der Waals surface area contributed by atoms with E-state index >= 15 is 0 Å². The average Bonchev–Trinajstić information content (AvgIpc) is 2.71. The molecule has 26 heavy (non-hydrogen) atoms. The Labute approximate surface area is 152 Å². The summed E-state index contributed by atoms with van der Waals surface area (Å²) in [6.45, 7) is 0.138. The lowest BCUT2D eigenvalue weighted by Crippen LogP contribution is -2.47. The number of esters is 1. The minimum absolute atomic E-state index is 0.122. The number of benzene rings is 2. The van der Waals surface area contributed by atoms with Crippen LogP contribution in [-0.2, 0) is 22.4 Å². The van der Waals surface area contributed by atoms with E-state index in [0.29, 0.717) is 17.0 Å². The summed E-state index contributed by atoms with van der Waals surface area (Å²) in [5.41, 5.74) is 3.91. The summed E-state index contributed by atoms with van der Waals surface area (Å²) < 4.78 is 10.5. The minimum Gasteiger partial charge on any atom is -0.475 e. The van der Waals surface area contributed by atoms with Crippen LogP contribution in [0, 0.1) is 0 Å². The van der Waals surface area contributed by atoms with Gasteiger partial charge in [0.15, 0.2) is 0 Å². The van der Waals surface area contributed by atoms with Gasteiger partial charge in [0.2, 0.25) is 6.10 Å². The molecule has 0 unspecified atom stereocenters. The predicted molar refractivity (Wildman–Crippen MR) is 97.6 cm³/mol. The molecule has 1 aliphatic carbocycles. The van der Waals surface area contributed by atoms with Crippen molar-refractivity contribution in [2.75, 3.05) is 18.6 Å². The van der Waals surface area contributed by atoms with Crippen molar-refractivity contribution >= 4 is 17.6 Å². The molecule has 2 aromatic rings. The van der Waals surface area contributed by atoms with E-state index < -0.39 is 12.1 Å². The van der Waals surface area contributed by atoms with Crippen molar-refractivity contribution in [1.82, 2.24) is 0 Å². The van der Waals surface area contributed by atoms with E-state index in [2.05, 4.69) is 6.07 Å². The van der Waals surface area contributed by atoms with Crippen LogP contribution < -0.4 is 9.64 Å². The van der Waals surface area contributed by atoms with Gasteiger partial charge in [-0.15, -0.1) is 0 Å². The number of hydrogen-bond acceptors (Lipinski definition) is 4. The number of amides is 1. The number of methoxy groups -OCH3 is 1. The molecule has 134 valence electrons. The van der Waals surface area contributed by atoms with E-state index in [0.717, 1.165) is 19.3 Å². The van der Waals surface area contributed by atoms with Crippen molar-refractivity contribution < 1.29 is 19.1 Å². The number of para-hydroxylation sites is 2. The van der Waals surface area contributed by atoms with Crippen LogP contribution in [0.15, 0.2) is 42.5 Å². The number of carbonyl (C=O) groups is 2. The molecule has 0 saturated heterocycles. The van der Waals surface area contributed by atoms with Crippen LogP contribution in [0.1, 0.15) is 34.3 Å². The first kappa shape index (κ1) is 16.6. The molecular formula is C21H21NO4. The summed E-state index contributed by atoms with van der Waals surface area (Å²) in [5.74, 6) is -0.0915. The summed E-state index contributed by atoms with van der Waals surface area (Å²) in [6, 6.07) is 13.2. The Morgan fingerprint density at radius 2 is 1.85 bits per heavy atom. The lowest BCUT2D eigenvalue weighted by molar-refractivity contribution is -0.148. The molecule has 1 aliphatic heterocycles. The maximum absolute atomic E-state index is 13.2. The molecule has 5 nitrogen and oxygen atoms in total. The molecule has 0 saturated carbocycles. The normalized spacial score (nSPS) is 18.3. The molecule has 1 amide bonds. The SMILES string of the molecule is COC(=O)[C@@H]1CN(C(=O)c2ccc3c(c2)CCCC3)c2ccccc2O1. The topological polar surface area (TPSA) is 55.8 Å². The zero-order valence-corrected chi connectivity index (χ0v) is 14.7. The van der Waals surface area contributed by atoms with Gasteiger partial charge in [-0.2, -0.15) is 0 Å². The standard InChI is InChI=1S/C21H21NO4/c1-25-21(24)19-13-22(17-8-4-5-9-18(17)26-19)20(23)16-11-10-14-6-2-3-7-15(14)12-16/h4-5,8-12,19H,2-3,6-7,13H2,1H3/t19-/m0/s1. The molecule has 0 aromatic heterocycles. The van der Waals surface area contributed by atoms with Crippen LogP contribution in [-0.4, -0.2) is 31.6 Å². The van der Waals surface area contributed by atoms with Crippen molar-refractivity contribution in [3.8, 4) is 5.75 Å². The molecule has 2 aliphatic rings. The van der Waals surface area contributed by atoms with Crippen LogP contribution in [0.2, 0.25) is 0 Å². The molecule has 0 fully saturated rings.